The molecule has 1 aromatic heterocycles. The molecule has 9 heteroatoms. The van der Waals surface area contributed by atoms with Gasteiger partial charge < -0.3 is 19.7 Å². The molecular formula is C19H25N5O3S. The largest absolute Gasteiger partial charge is 0.494 e. The molecule has 0 saturated carbocycles. The summed E-state index contributed by atoms with van der Waals surface area (Å²) in [7, 11) is 0. The van der Waals surface area contributed by atoms with E-state index >= 15 is 0 Å². The van der Waals surface area contributed by atoms with E-state index in [1.165, 1.54) is 11.8 Å². The maximum absolute atomic E-state index is 12.1. The summed E-state index contributed by atoms with van der Waals surface area (Å²) < 4.78 is 13.1. The third kappa shape index (κ3) is 4.25. The summed E-state index contributed by atoms with van der Waals surface area (Å²) in [6, 6.07) is 7.99. The van der Waals surface area contributed by atoms with Crippen LogP contribution in [0.2, 0.25) is 0 Å². The second-order valence-corrected chi connectivity index (χ2v) is 7.68. The second-order valence-electron chi connectivity index (χ2n) is 6.74. The summed E-state index contributed by atoms with van der Waals surface area (Å²) in [4.78, 5) is 14.2. The summed E-state index contributed by atoms with van der Waals surface area (Å²) in [6.07, 6.45) is 2.26. The highest BCUT2D eigenvalue weighted by atomic mass is 32.2. The number of ether oxygens (including phenoxy) is 2. The molecule has 0 spiro atoms. The van der Waals surface area contributed by atoms with Gasteiger partial charge in [-0.3, -0.25) is 9.36 Å². The third-order valence-corrected chi connectivity index (χ3v) is 5.80. The zero-order valence-corrected chi connectivity index (χ0v) is 16.8. The first-order chi connectivity index (χ1) is 13.7. The number of fused-ring (bicyclic) bond motifs is 1. The molecule has 1 aromatic carbocycles. The fourth-order valence-corrected chi connectivity index (χ4v) is 4.22. The SMILES string of the molecule is CCOc1ccc(N2CCn3c(SCC(=O)NCC4CCCO4)nnc32)cc1. The van der Waals surface area contributed by atoms with Gasteiger partial charge in [-0.25, -0.2) is 0 Å². The number of amides is 1. The van der Waals surface area contributed by atoms with Gasteiger partial charge in [0.15, 0.2) is 5.16 Å². The maximum Gasteiger partial charge on any atom is 0.232 e. The number of thioether (sulfide) groups is 1. The van der Waals surface area contributed by atoms with Crippen LogP contribution >= 0.6 is 11.8 Å². The van der Waals surface area contributed by atoms with Crippen molar-refractivity contribution in [2.75, 3.05) is 37.0 Å². The Hall–Kier alpha value is -2.26. The van der Waals surface area contributed by atoms with Crippen LogP contribution in [-0.2, 0) is 16.1 Å². The van der Waals surface area contributed by atoms with Crippen molar-refractivity contribution in [3.63, 3.8) is 0 Å². The molecule has 3 heterocycles. The second kappa shape index (κ2) is 8.83. The molecule has 2 aliphatic heterocycles. The Labute approximate surface area is 168 Å². The smallest absolute Gasteiger partial charge is 0.232 e. The van der Waals surface area contributed by atoms with Gasteiger partial charge in [0.1, 0.15) is 5.75 Å². The summed E-state index contributed by atoms with van der Waals surface area (Å²) >= 11 is 1.42. The Morgan fingerprint density at radius 3 is 2.93 bits per heavy atom. The van der Waals surface area contributed by atoms with Crippen molar-refractivity contribution in [3.8, 4) is 5.75 Å². The quantitative estimate of drug-likeness (QED) is 0.677. The maximum atomic E-state index is 12.1. The summed E-state index contributed by atoms with van der Waals surface area (Å²) in [5.74, 6) is 2.00. The van der Waals surface area contributed by atoms with Crippen LogP contribution in [0.25, 0.3) is 0 Å². The van der Waals surface area contributed by atoms with Crippen molar-refractivity contribution in [1.82, 2.24) is 20.1 Å². The number of nitrogens with one attached hydrogen (secondary N) is 1. The van der Waals surface area contributed by atoms with Crippen LogP contribution in [0.15, 0.2) is 29.4 Å². The molecule has 8 nitrogen and oxygen atoms in total. The Morgan fingerprint density at radius 2 is 2.18 bits per heavy atom. The molecule has 0 aliphatic carbocycles. The molecule has 28 heavy (non-hydrogen) atoms. The lowest BCUT2D eigenvalue weighted by atomic mass is 10.2. The first-order valence-electron chi connectivity index (χ1n) is 9.69. The average Bonchev–Trinajstić information content (AvgIpc) is 3.44. The first-order valence-corrected chi connectivity index (χ1v) is 10.7. The number of benzene rings is 1. The highest BCUT2D eigenvalue weighted by Crippen LogP contribution is 2.32. The predicted octanol–water partition coefficient (Wildman–Crippen LogP) is 2.22. The van der Waals surface area contributed by atoms with Gasteiger partial charge in [-0.05, 0) is 44.0 Å². The van der Waals surface area contributed by atoms with Crippen LogP contribution in [0.3, 0.4) is 0 Å². The molecule has 1 atom stereocenters. The molecule has 1 N–H and O–H groups in total. The fourth-order valence-electron chi connectivity index (χ4n) is 3.43. The van der Waals surface area contributed by atoms with Gasteiger partial charge in [-0.2, -0.15) is 0 Å². The molecule has 2 aromatic rings. The number of hydrogen-bond acceptors (Lipinski definition) is 7. The lowest BCUT2D eigenvalue weighted by molar-refractivity contribution is -0.119. The zero-order chi connectivity index (χ0) is 19.3. The van der Waals surface area contributed by atoms with Gasteiger partial charge >= 0.3 is 0 Å². The van der Waals surface area contributed by atoms with Crippen molar-refractivity contribution < 1.29 is 14.3 Å². The highest BCUT2D eigenvalue weighted by Gasteiger charge is 2.26. The summed E-state index contributed by atoms with van der Waals surface area (Å²) in [6.45, 7) is 5.64. The molecule has 2 aliphatic rings. The van der Waals surface area contributed by atoms with Crippen molar-refractivity contribution in [2.24, 2.45) is 0 Å². The number of carbonyl (C=O) groups excluding carboxylic acids is 1. The molecule has 1 fully saturated rings. The zero-order valence-electron chi connectivity index (χ0n) is 16.0. The number of aromatic nitrogens is 3. The minimum Gasteiger partial charge on any atom is -0.494 e. The molecule has 1 unspecified atom stereocenters. The topological polar surface area (TPSA) is 81.5 Å². The molecule has 150 valence electrons. The fraction of sp³-hybridized carbons (Fsp3) is 0.526. The average molecular weight is 404 g/mol. The minimum absolute atomic E-state index is 0.000726. The lowest BCUT2D eigenvalue weighted by Gasteiger charge is -2.15. The van der Waals surface area contributed by atoms with E-state index in [2.05, 4.69) is 25.0 Å². The van der Waals surface area contributed by atoms with Gasteiger partial charge in [0.2, 0.25) is 11.9 Å². The van der Waals surface area contributed by atoms with E-state index in [-0.39, 0.29) is 12.0 Å². The predicted molar refractivity (Wildman–Crippen MR) is 107 cm³/mol. The third-order valence-electron chi connectivity index (χ3n) is 4.83. The molecule has 4 rings (SSSR count). The number of carbonyl (C=O) groups is 1. The Morgan fingerprint density at radius 1 is 1.32 bits per heavy atom. The van der Waals surface area contributed by atoms with E-state index in [1.807, 2.05) is 31.2 Å². The van der Waals surface area contributed by atoms with Crippen LogP contribution in [0, 0.1) is 0 Å². The molecule has 0 bridgehead atoms. The Balaban J connectivity index is 1.33. The minimum atomic E-state index is -0.000726. The standard InChI is InChI=1S/C19H25N5O3S/c1-2-26-15-7-5-14(6-8-15)23-9-10-24-18(23)21-22-19(24)28-13-17(25)20-12-16-4-3-11-27-16/h5-8,16H,2-4,9-13H2,1H3,(H,20,25). The van der Waals surface area contributed by atoms with E-state index in [0.29, 0.717) is 18.9 Å². The monoisotopic (exact) mass is 403 g/mol. The lowest BCUT2D eigenvalue weighted by Crippen LogP contribution is -2.32. The van der Waals surface area contributed by atoms with Gasteiger partial charge in [0.25, 0.3) is 0 Å². The van der Waals surface area contributed by atoms with E-state index in [9.17, 15) is 4.79 Å². The van der Waals surface area contributed by atoms with Gasteiger partial charge in [0.05, 0.1) is 18.5 Å². The number of rotatable bonds is 8. The number of nitrogens with zero attached hydrogens (tertiary/aromatic N) is 4. The molecular weight excluding hydrogens is 378 g/mol. The van der Waals surface area contributed by atoms with Crippen molar-refractivity contribution in [1.29, 1.82) is 0 Å². The summed E-state index contributed by atoms with van der Waals surface area (Å²) in [5, 5.41) is 12.3. The van der Waals surface area contributed by atoms with Crippen molar-refractivity contribution >= 4 is 29.3 Å². The van der Waals surface area contributed by atoms with E-state index in [1.54, 1.807) is 0 Å². The Kier molecular flexibility index (Phi) is 6.01. The molecule has 1 amide bonds. The van der Waals surface area contributed by atoms with Crippen molar-refractivity contribution in [3.05, 3.63) is 24.3 Å². The number of hydrogen-bond donors (Lipinski definition) is 1. The van der Waals surface area contributed by atoms with Crippen LogP contribution in [0.4, 0.5) is 11.6 Å². The van der Waals surface area contributed by atoms with Crippen LogP contribution in [0.1, 0.15) is 19.8 Å². The van der Waals surface area contributed by atoms with Gasteiger partial charge in [-0.1, -0.05) is 11.8 Å². The molecule has 0 radical (unpaired) electrons. The number of anilines is 2. The van der Waals surface area contributed by atoms with Crippen LogP contribution in [-0.4, -0.2) is 58.8 Å². The van der Waals surface area contributed by atoms with Crippen molar-refractivity contribution in [2.45, 2.75) is 37.6 Å². The van der Waals surface area contributed by atoms with E-state index in [4.69, 9.17) is 9.47 Å². The first kappa shape index (κ1) is 19.1. The highest BCUT2D eigenvalue weighted by molar-refractivity contribution is 7.99. The molecule has 1 saturated heterocycles. The van der Waals surface area contributed by atoms with Gasteiger partial charge in [-0.15, -0.1) is 10.2 Å². The Bertz CT molecular complexity index is 804. The normalized spacial score (nSPS) is 18.3. The van der Waals surface area contributed by atoms with E-state index in [0.717, 1.165) is 55.1 Å². The van der Waals surface area contributed by atoms with Crippen LogP contribution < -0.4 is 15.0 Å². The van der Waals surface area contributed by atoms with Gasteiger partial charge in [0, 0.05) is 31.9 Å². The van der Waals surface area contributed by atoms with Crippen LogP contribution in [0.5, 0.6) is 5.75 Å². The van der Waals surface area contributed by atoms with E-state index < -0.39 is 0 Å². The summed E-state index contributed by atoms with van der Waals surface area (Å²) in [5.41, 5.74) is 1.06.